The summed E-state index contributed by atoms with van der Waals surface area (Å²) in [6, 6.07) is 1.34. The molecule has 1 aliphatic carbocycles. The fourth-order valence-corrected chi connectivity index (χ4v) is 4.52. The Balaban J connectivity index is 1.78. The molecule has 1 atom stereocenters. The van der Waals surface area contributed by atoms with Crippen LogP contribution in [0.25, 0.3) is 0 Å². The number of pyridine rings is 1. The van der Waals surface area contributed by atoms with Gasteiger partial charge in [0.25, 0.3) is 0 Å². The van der Waals surface area contributed by atoms with Gasteiger partial charge in [0, 0.05) is 29.9 Å². The standard InChI is InChI=1S/C18H30FN3O3S/c1-18(2,21-12-17(23)14-8-15(19)11-20-10-14)9-13-4-6-16(7-5-13)22-26(3,24)25/h8,10-11,13,16-17,21-23H,4-7,9,12H2,1-3H3/t13-,16-,17-/m0/s1. The van der Waals surface area contributed by atoms with Crippen molar-refractivity contribution in [1.82, 2.24) is 15.0 Å². The molecule has 1 aromatic rings. The highest BCUT2D eigenvalue weighted by molar-refractivity contribution is 7.88. The zero-order valence-electron chi connectivity index (χ0n) is 15.7. The van der Waals surface area contributed by atoms with Crippen LogP contribution in [0.5, 0.6) is 0 Å². The van der Waals surface area contributed by atoms with Crippen LogP contribution >= 0.6 is 0 Å². The average molecular weight is 388 g/mol. The summed E-state index contributed by atoms with van der Waals surface area (Å²) in [7, 11) is -3.15. The van der Waals surface area contributed by atoms with Crippen molar-refractivity contribution in [2.24, 2.45) is 5.92 Å². The number of nitrogens with zero attached hydrogens (tertiary/aromatic N) is 1. The van der Waals surface area contributed by atoms with Crippen LogP contribution in [0, 0.1) is 11.7 Å². The summed E-state index contributed by atoms with van der Waals surface area (Å²) < 4.78 is 38.5. The fraction of sp³-hybridized carbons (Fsp3) is 0.722. The zero-order valence-corrected chi connectivity index (χ0v) is 16.5. The number of β-amino-alcohol motifs (C(OH)–C–C–N with tert-alkyl or cyclic N) is 1. The number of sulfonamides is 1. The van der Waals surface area contributed by atoms with Crippen molar-refractivity contribution in [3.8, 4) is 0 Å². The topological polar surface area (TPSA) is 91.3 Å². The van der Waals surface area contributed by atoms with Crippen molar-refractivity contribution >= 4 is 10.0 Å². The molecule has 0 bridgehead atoms. The second-order valence-corrected chi connectivity index (χ2v) is 9.81. The lowest BCUT2D eigenvalue weighted by molar-refractivity contribution is 0.149. The van der Waals surface area contributed by atoms with Crippen LogP contribution in [0.1, 0.15) is 57.6 Å². The second kappa shape index (κ2) is 8.73. The van der Waals surface area contributed by atoms with E-state index in [0.717, 1.165) is 38.3 Å². The molecule has 26 heavy (non-hydrogen) atoms. The molecule has 0 aliphatic heterocycles. The van der Waals surface area contributed by atoms with Crippen LogP contribution in [-0.4, -0.2) is 42.9 Å². The number of halogens is 1. The van der Waals surface area contributed by atoms with E-state index in [0.29, 0.717) is 18.0 Å². The molecule has 1 saturated carbocycles. The lowest BCUT2D eigenvalue weighted by Crippen LogP contribution is -2.44. The minimum atomic E-state index is -3.15. The van der Waals surface area contributed by atoms with Gasteiger partial charge >= 0.3 is 0 Å². The smallest absolute Gasteiger partial charge is 0.208 e. The minimum absolute atomic E-state index is 0.0413. The number of hydrogen-bond acceptors (Lipinski definition) is 5. The summed E-state index contributed by atoms with van der Waals surface area (Å²) in [5.41, 5.74) is 0.282. The van der Waals surface area contributed by atoms with Gasteiger partial charge in [-0.05, 0) is 57.9 Å². The van der Waals surface area contributed by atoms with E-state index in [9.17, 15) is 17.9 Å². The Hall–Kier alpha value is -1.09. The normalized spacial score (nSPS) is 23.0. The highest BCUT2D eigenvalue weighted by Crippen LogP contribution is 2.31. The molecule has 1 fully saturated rings. The SMILES string of the molecule is CC(C)(C[C@H]1CC[C@H](NS(C)(=O)=O)CC1)NC[C@H](O)c1cncc(F)c1. The number of aliphatic hydroxyl groups is 1. The van der Waals surface area contributed by atoms with Crippen LogP contribution < -0.4 is 10.0 Å². The van der Waals surface area contributed by atoms with Crippen LogP contribution in [0.2, 0.25) is 0 Å². The van der Waals surface area contributed by atoms with E-state index in [1.54, 1.807) is 0 Å². The molecule has 0 amide bonds. The molecule has 3 N–H and O–H groups in total. The zero-order chi connectivity index (χ0) is 19.4. The molecule has 1 heterocycles. The predicted octanol–water partition coefficient (Wildman–Crippen LogP) is 2.12. The third kappa shape index (κ3) is 7.26. The minimum Gasteiger partial charge on any atom is -0.387 e. The molecule has 0 unspecified atom stereocenters. The Morgan fingerprint density at radius 2 is 1.96 bits per heavy atom. The van der Waals surface area contributed by atoms with E-state index < -0.39 is 21.9 Å². The molecular formula is C18H30FN3O3S. The summed E-state index contributed by atoms with van der Waals surface area (Å²) in [6.45, 7) is 4.50. The van der Waals surface area contributed by atoms with Crippen LogP contribution in [-0.2, 0) is 10.0 Å². The molecule has 8 heteroatoms. The summed E-state index contributed by atoms with van der Waals surface area (Å²) in [6.07, 6.45) is 7.58. The van der Waals surface area contributed by atoms with E-state index in [4.69, 9.17) is 0 Å². The van der Waals surface area contributed by atoms with E-state index in [-0.39, 0.29) is 11.6 Å². The van der Waals surface area contributed by atoms with Gasteiger partial charge in [-0.2, -0.15) is 0 Å². The fourth-order valence-electron chi connectivity index (χ4n) is 3.68. The lowest BCUT2D eigenvalue weighted by atomic mass is 9.79. The average Bonchev–Trinajstić information content (AvgIpc) is 2.53. The summed E-state index contributed by atoms with van der Waals surface area (Å²) in [4.78, 5) is 3.76. The Morgan fingerprint density at radius 3 is 2.54 bits per heavy atom. The first-order valence-corrected chi connectivity index (χ1v) is 10.9. The number of rotatable bonds is 8. The summed E-state index contributed by atoms with van der Waals surface area (Å²) in [5.74, 6) is 0.0587. The van der Waals surface area contributed by atoms with Crippen LogP contribution in [0.4, 0.5) is 4.39 Å². The molecule has 0 radical (unpaired) electrons. The van der Waals surface area contributed by atoms with Gasteiger partial charge in [-0.15, -0.1) is 0 Å². The first-order valence-electron chi connectivity index (χ1n) is 9.05. The highest BCUT2D eigenvalue weighted by Gasteiger charge is 2.28. The van der Waals surface area contributed by atoms with Gasteiger partial charge in [-0.3, -0.25) is 4.98 Å². The second-order valence-electron chi connectivity index (χ2n) is 8.03. The van der Waals surface area contributed by atoms with Gasteiger partial charge in [0.2, 0.25) is 10.0 Å². The van der Waals surface area contributed by atoms with Crippen molar-refractivity contribution in [2.45, 2.75) is 63.6 Å². The van der Waals surface area contributed by atoms with Gasteiger partial charge in [0.1, 0.15) is 5.82 Å². The van der Waals surface area contributed by atoms with Crippen molar-refractivity contribution in [1.29, 1.82) is 0 Å². The monoisotopic (exact) mass is 387 g/mol. The lowest BCUT2D eigenvalue weighted by Gasteiger charge is -2.35. The van der Waals surface area contributed by atoms with Gasteiger partial charge in [0.05, 0.1) is 18.6 Å². The van der Waals surface area contributed by atoms with Crippen molar-refractivity contribution < 1.29 is 17.9 Å². The molecular weight excluding hydrogens is 357 g/mol. The number of hydrogen-bond donors (Lipinski definition) is 3. The molecule has 0 aromatic carbocycles. The van der Waals surface area contributed by atoms with Gasteiger partial charge < -0.3 is 10.4 Å². The highest BCUT2D eigenvalue weighted by atomic mass is 32.2. The Bertz CT molecular complexity index is 689. The van der Waals surface area contributed by atoms with Crippen molar-refractivity contribution in [3.63, 3.8) is 0 Å². The number of nitrogens with one attached hydrogen (secondary N) is 2. The summed E-state index contributed by atoms with van der Waals surface area (Å²) >= 11 is 0. The number of aromatic nitrogens is 1. The molecule has 1 aliphatic rings. The maximum atomic E-state index is 13.2. The molecule has 1 aromatic heterocycles. The van der Waals surface area contributed by atoms with Gasteiger partial charge in [0.15, 0.2) is 0 Å². The first kappa shape index (κ1) is 21.2. The van der Waals surface area contributed by atoms with Gasteiger partial charge in [-0.1, -0.05) is 0 Å². The quantitative estimate of drug-likeness (QED) is 0.636. The first-order chi connectivity index (χ1) is 12.0. The molecule has 0 saturated heterocycles. The van der Waals surface area contributed by atoms with Gasteiger partial charge in [-0.25, -0.2) is 17.5 Å². The molecule has 0 spiro atoms. The molecule has 6 nitrogen and oxygen atoms in total. The third-order valence-corrected chi connectivity index (χ3v) is 5.67. The Kier molecular flexibility index (Phi) is 7.12. The van der Waals surface area contributed by atoms with E-state index in [1.807, 2.05) is 0 Å². The third-order valence-electron chi connectivity index (χ3n) is 4.91. The Morgan fingerprint density at radius 1 is 1.31 bits per heavy atom. The summed E-state index contributed by atoms with van der Waals surface area (Å²) in [5, 5.41) is 13.6. The van der Waals surface area contributed by atoms with Crippen molar-refractivity contribution in [2.75, 3.05) is 12.8 Å². The molecule has 148 valence electrons. The number of aliphatic hydroxyl groups excluding tert-OH is 1. The van der Waals surface area contributed by atoms with E-state index in [2.05, 4.69) is 28.9 Å². The predicted molar refractivity (Wildman–Crippen MR) is 99.6 cm³/mol. The van der Waals surface area contributed by atoms with Crippen LogP contribution in [0.15, 0.2) is 18.5 Å². The molecule has 2 rings (SSSR count). The Labute approximate surface area is 155 Å². The van der Waals surface area contributed by atoms with E-state index >= 15 is 0 Å². The maximum Gasteiger partial charge on any atom is 0.208 e. The maximum absolute atomic E-state index is 13.2. The van der Waals surface area contributed by atoms with Crippen molar-refractivity contribution in [3.05, 3.63) is 29.8 Å². The van der Waals surface area contributed by atoms with Crippen LogP contribution in [0.3, 0.4) is 0 Å². The largest absolute Gasteiger partial charge is 0.387 e. The van der Waals surface area contributed by atoms with E-state index in [1.165, 1.54) is 18.5 Å².